The third kappa shape index (κ3) is 4.96. The first-order valence-electron chi connectivity index (χ1n) is 10.1. The Labute approximate surface area is 176 Å². The van der Waals surface area contributed by atoms with E-state index in [1.807, 2.05) is 6.07 Å². The van der Waals surface area contributed by atoms with Gasteiger partial charge < -0.3 is 15.5 Å². The van der Waals surface area contributed by atoms with E-state index in [0.717, 1.165) is 58.0 Å². The Morgan fingerprint density at radius 2 is 1.87 bits per heavy atom. The van der Waals surface area contributed by atoms with Crippen molar-refractivity contribution < 1.29 is 22.3 Å². The number of anilines is 1. The molecule has 0 saturated carbocycles. The predicted molar refractivity (Wildman–Crippen MR) is 108 cm³/mol. The van der Waals surface area contributed by atoms with Crippen LogP contribution in [0.5, 0.6) is 0 Å². The van der Waals surface area contributed by atoms with E-state index >= 15 is 0 Å². The monoisotopic (exact) mass is 437 g/mol. The number of hydrogen-bond donors (Lipinski definition) is 2. The van der Waals surface area contributed by atoms with Crippen LogP contribution in [0.1, 0.15) is 23.2 Å². The maximum absolute atomic E-state index is 13.1. The molecule has 3 heterocycles. The quantitative estimate of drug-likeness (QED) is 0.569. The number of aryl methyl sites for hydroxylation is 1. The topological polar surface area (TPSA) is 80.1 Å². The first kappa shape index (κ1) is 21.5. The number of rotatable bonds is 1. The van der Waals surface area contributed by atoms with Gasteiger partial charge in [0.1, 0.15) is 29.3 Å². The zero-order valence-electron chi connectivity index (χ0n) is 16.8. The number of nitrogens with two attached hydrogens (primary N) is 1. The van der Waals surface area contributed by atoms with Gasteiger partial charge in [0.05, 0.1) is 18.6 Å². The fourth-order valence-electron chi connectivity index (χ4n) is 4.07. The van der Waals surface area contributed by atoms with Crippen LogP contribution in [-0.4, -0.2) is 52.2 Å². The first-order chi connectivity index (χ1) is 14.8. The normalized spacial score (nSPS) is 19.5. The van der Waals surface area contributed by atoms with Crippen molar-refractivity contribution in [2.45, 2.75) is 31.5 Å². The highest BCUT2D eigenvalue weighted by atomic mass is 19.4. The van der Waals surface area contributed by atoms with Gasteiger partial charge in [-0.05, 0) is 48.6 Å². The summed E-state index contributed by atoms with van der Waals surface area (Å²) < 4.78 is 55.2. The van der Waals surface area contributed by atoms with Crippen LogP contribution in [0.25, 0.3) is 11.0 Å². The summed E-state index contributed by atoms with van der Waals surface area (Å²) in [5.74, 6) is -0.0738. The molecule has 1 fully saturated rings. The Morgan fingerprint density at radius 1 is 1.10 bits per heavy atom. The van der Waals surface area contributed by atoms with E-state index in [0.29, 0.717) is 6.04 Å². The van der Waals surface area contributed by atoms with Crippen LogP contribution in [0.3, 0.4) is 0 Å². The standard InChI is InChI=1S/C14H18FNO.C7H5F3N4/c15-13-3-1-12-10-14(4-2-11(12)9-13)16-5-7-17-8-6-16;8-7(9,10)4-1-3-5(11)12-2-13-6(3)14-4/h1,3,9,14H,2,4-8,10H2;1-2H,(H3,11,12,13,14)/t14-;/m0./s1. The minimum Gasteiger partial charge on any atom is -0.383 e. The highest BCUT2D eigenvalue weighted by Crippen LogP contribution is 2.31. The summed E-state index contributed by atoms with van der Waals surface area (Å²) in [4.78, 5) is 11.9. The molecule has 5 rings (SSSR count). The number of ether oxygens (including phenoxy) is 1. The minimum atomic E-state index is -4.42. The predicted octanol–water partition coefficient (Wildman–Crippen LogP) is 3.57. The molecule has 166 valence electrons. The van der Waals surface area contributed by atoms with Crippen molar-refractivity contribution >= 4 is 16.9 Å². The third-order valence-electron chi connectivity index (χ3n) is 5.69. The fraction of sp³-hybridized carbons (Fsp3) is 0.429. The van der Waals surface area contributed by atoms with Gasteiger partial charge in [0.15, 0.2) is 0 Å². The van der Waals surface area contributed by atoms with E-state index in [9.17, 15) is 17.6 Å². The van der Waals surface area contributed by atoms with Gasteiger partial charge in [-0.1, -0.05) is 6.07 Å². The molecule has 2 aliphatic rings. The number of nitrogen functional groups attached to an aromatic ring is 1. The van der Waals surface area contributed by atoms with Crippen LogP contribution in [0.2, 0.25) is 0 Å². The van der Waals surface area contributed by atoms with Crippen molar-refractivity contribution in [2.24, 2.45) is 0 Å². The van der Waals surface area contributed by atoms with E-state index < -0.39 is 11.9 Å². The maximum atomic E-state index is 13.1. The number of fused-ring (bicyclic) bond motifs is 2. The molecule has 31 heavy (non-hydrogen) atoms. The summed E-state index contributed by atoms with van der Waals surface area (Å²) in [7, 11) is 0. The zero-order valence-corrected chi connectivity index (χ0v) is 16.8. The highest BCUT2D eigenvalue weighted by molar-refractivity contribution is 5.86. The average molecular weight is 437 g/mol. The van der Waals surface area contributed by atoms with Crippen LogP contribution in [0.4, 0.5) is 23.4 Å². The highest BCUT2D eigenvalue weighted by Gasteiger charge is 2.33. The number of H-pyrrole nitrogens is 1. The van der Waals surface area contributed by atoms with E-state index in [-0.39, 0.29) is 22.7 Å². The van der Waals surface area contributed by atoms with Gasteiger partial charge in [-0.15, -0.1) is 0 Å². The molecule has 0 unspecified atom stereocenters. The number of aromatic nitrogens is 3. The Balaban J connectivity index is 0.000000152. The summed E-state index contributed by atoms with van der Waals surface area (Å²) >= 11 is 0. The zero-order chi connectivity index (χ0) is 22.0. The SMILES string of the molecule is Fc1ccc2c(c1)CC[C@H](N1CCOCC1)C2.Nc1ncnc2[nH]c(C(F)(F)F)cc12. The van der Waals surface area contributed by atoms with Crippen molar-refractivity contribution in [3.8, 4) is 0 Å². The lowest BCUT2D eigenvalue weighted by atomic mass is 9.87. The van der Waals surface area contributed by atoms with Gasteiger partial charge in [-0.25, -0.2) is 14.4 Å². The summed E-state index contributed by atoms with van der Waals surface area (Å²) in [5.41, 5.74) is 7.12. The van der Waals surface area contributed by atoms with Gasteiger partial charge in [0.2, 0.25) is 0 Å². The van der Waals surface area contributed by atoms with Crippen LogP contribution >= 0.6 is 0 Å². The first-order valence-corrected chi connectivity index (χ1v) is 10.1. The maximum Gasteiger partial charge on any atom is 0.431 e. The smallest absolute Gasteiger partial charge is 0.383 e. The Hall–Kier alpha value is -2.72. The van der Waals surface area contributed by atoms with E-state index in [1.54, 1.807) is 12.1 Å². The van der Waals surface area contributed by atoms with E-state index in [2.05, 4.69) is 19.9 Å². The Kier molecular flexibility index (Phi) is 6.10. The van der Waals surface area contributed by atoms with Gasteiger partial charge >= 0.3 is 6.18 Å². The molecule has 6 nitrogen and oxygen atoms in total. The molecule has 10 heteroatoms. The number of nitrogens with one attached hydrogen (secondary N) is 1. The fourth-order valence-corrected chi connectivity index (χ4v) is 4.07. The Morgan fingerprint density at radius 3 is 2.58 bits per heavy atom. The molecule has 1 atom stereocenters. The average Bonchev–Trinajstić information content (AvgIpc) is 3.21. The molecule has 0 amide bonds. The molecular formula is C21H23F4N5O. The van der Waals surface area contributed by atoms with Crippen LogP contribution in [0, 0.1) is 5.82 Å². The molecule has 2 aromatic heterocycles. The molecule has 0 bridgehead atoms. The van der Waals surface area contributed by atoms with Crippen LogP contribution < -0.4 is 5.73 Å². The summed E-state index contributed by atoms with van der Waals surface area (Å²) in [6.07, 6.45) is -0.0946. The van der Waals surface area contributed by atoms with Gasteiger partial charge in [0, 0.05) is 19.1 Å². The van der Waals surface area contributed by atoms with Crippen LogP contribution in [-0.2, 0) is 23.8 Å². The van der Waals surface area contributed by atoms with Crippen molar-refractivity contribution in [2.75, 3.05) is 32.0 Å². The molecule has 1 saturated heterocycles. The van der Waals surface area contributed by atoms with Gasteiger partial charge in [-0.3, -0.25) is 4.90 Å². The second kappa shape index (κ2) is 8.80. The van der Waals surface area contributed by atoms with Crippen molar-refractivity contribution in [1.29, 1.82) is 0 Å². The van der Waals surface area contributed by atoms with Crippen molar-refractivity contribution in [3.63, 3.8) is 0 Å². The molecule has 3 aromatic rings. The largest absolute Gasteiger partial charge is 0.431 e. The Bertz CT molecular complexity index is 1050. The molecule has 1 aliphatic heterocycles. The second-order valence-electron chi connectivity index (χ2n) is 7.66. The van der Waals surface area contributed by atoms with E-state index in [4.69, 9.17) is 10.5 Å². The lowest BCUT2D eigenvalue weighted by molar-refractivity contribution is -0.140. The molecule has 0 radical (unpaired) electrons. The lowest BCUT2D eigenvalue weighted by Gasteiger charge is -2.37. The second-order valence-corrected chi connectivity index (χ2v) is 7.66. The number of aromatic amines is 1. The van der Waals surface area contributed by atoms with Crippen molar-refractivity contribution in [1.82, 2.24) is 19.9 Å². The van der Waals surface area contributed by atoms with Crippen LogP contribution in [0.15, 0.2) is 30.6 Å². The number of morpholine rings is 1. The van der Waals surface area contributed by atoms with Gasteiger partial charge in [-0.2, -0.15) is 13.2 Å². The van der Waals surface area contributed by atoms with E-state index in [1.165, 1.54) is 11.1 Å². The number of alkyl halides is 3. The summed E-state index contributed by atoms with van der Waals surface area (Å²) in [5, 5.41) is 0.180. The molecule has 0 spiro atoms. The summed E-state index contributed by atoms with van der Waals surface area (Å²) in [6.45, 7) is 3.79. The third-order valence-corrected chi connectivity index (χ3v) is 5.69. The molecule has 1 aromatic carbocycles. The number of halogens is 4. The number of nitrogens with zero attached hydrogens (tertiary/aromatic N) is 3. The minimum absolute atomic E-state index is 0.0294. The summed E-state index contributed by atoms with van der Waals surface area (Å²) in [6, 6.07) is 6.75. The molecule has 1 aliphatic carbocycles. The van der Waals surface area contributed by atoms with Crippen molar-refractivity contribution in [3.05, 3.63) is 53.2 Å². The van der Waals surface area contributed by atoms with Gasteiger partial charge in [0.25, 0.3) is 0 Å². The lowest BCUT2D eigenvalue weighted by Crippen LogP contribution is -2.45. The number of benzene rings is 1. The molecule has 3 N–H and O–H groups in total. The number of hydrogen-bond acceptors (Lipinski definition) is 5. The molecular weight excluding hydrogens is 414 g/mol.